The van der Waals surface area contributed by atoms with Gasteiger partial charge in [0.2, 0.25) is 0 Å². The van der Waals surface area contributed by atoms with Crippen molar-refractivity contribution in [1.29, 1.82) is 0 Å². The molecule has 0 unspecified atom stereocenters. The molecule has 6 nitrogen and oxygen atoms in total. The maximum atomic E-state index is 12.6. The minimum atomic E-state index is -0.0161. The van der Waals surface area contributed by atoms with Gasteiger partial charge in [0.05, 0.1) is 6.61 Å². The maximum Gasteiger partial charge on any atom is 0.321 e. The monoisotopic (exact) mass is 348 g/mol. The van der Waals surface area contributed by atoms with Crippen LogP contribution in [0.2, 0.25) is 0 Å². The van der Waals surface area contributed by atoms with Gasteiger partial charge in [-0.15, -0.1) is 0 Å². The lowest BCUT2D eigenvalue weighted by atomic mass is 9.91. The first kappa shape index (κ1) is 18.0. The van der Waals surface area contributed by atoms with E-state index in [1.54, 1.807) is 7.11 Å². The molecular weight excluding hydrogens is 320 g/mol. The fourth-order valence-corrected chi connectivity index (χ4v) is 3.58. The van der Waals surface area contributed by atoms with Crippen molar-refractivity contribution in [3.63, 3.8) is 0 Å². The van der Waals surface area contributed by atoms with Gasteiger partial charge in [-0.3, -0.25) is 0 Å². The van der Waals surface area contributed by atoms with Gasteiger partial charge in [-0.05, 0) is 55.4 Å². The van der Waals surface area contributed by atoms with Crippen LogP contribution in [0.3, 0.4) is 0 Å². The SMILES string of the molecule is COCCOc1ccc(NC(=O)N2CC[C@@H]([C@H]3CCOC3)C2)c(C)c1. The number of likely N-dealkylation sites (tertiary alicyclic amines) is 1. The Labute approximate surface area is 149 Å². The third-order valence-electron chi connectivity index (χ3n) is 5.14. The predicted molar refractivity (Wildman–Crippen MR) is 96.2 cm³/mol. The number of carbonyl (C=O) groups is 1. The van der Waals surface area contributed by atoms with Crippen LogP contribution in [0.5, 0.6) is 5.75 Å². The Hall–Kier alpha value is -1.79. The number of nitrogens with one attached hydrogen (secondary N) is 1. The van der Waals surface area contributed by atoms with E-state index in [2.05, 4.69) is 5.32 Å². The van der Waals surface area contributed by atoms with E-state index in [4.69, 9.17) is 14.2 Å². The Bertz CT molecular complexity index is 587. The summed E-state index contributed by atoms with van der Waals surface area (Å²) in [6.45, 7) is 6.42. The molecule has 0 bridgehead atoms. The van der Waals surface area contributed by atoms with E-state index in [9.17, 15) is 4.79 Å². The standard InChI is InChI=1S/C19H28N2O4/c1-14-11-17(25-10-9-23-2)3-4-18(14)20-19(22)21-7-5-15(12-21)16-6-8-24-13-16/h3-4,11,15-16H,5-10,12-13H2,1-2H3,(H,20,22)/t15-,16+/m1/s1. The molecule has 2 amide bonds. The Morgan fingerprint density at radius 3 is 2.92 bits per heavy atom. The number of hydrogen-bond donors (Lipinski definition) is 1. The average molecular weight is 348 g/mol. The highest BCUT2D eigenvalue weighted by Gasteiger charge is 2.33. The number of urea groups is 1. The van der Waals surface area contributed by atoms with E-state index in [0.717, 1.165) is 56.1 Å². The third kappa shape index (κ3) is 4.64. The first-order valence-corrected chi connectivity index (χ1v) is 9.03. The minimum absolute atomic E-state index is 0.0161. The summed E-state index contributed by atoms with van der Waals surface area (Å²) < 4.78 is 16.1. The van der Waals surface area contributed by atoms with Crippen LogP contribution >= 0.6 is 0 Å². The summed E-state index contributed by atoms with van der Waals surface area (Å²) in [6, 6.07) is 5.69. The number of nitrogens with zero attached hydrogens (tertiary/aromatic N) is 1. The fraction of sp³-hybridized carbons (Fsp3) is 0.632. The number of hydrogen-bond acceptors (Lipinski definition) is 4. The highest BCUT2D eigenvalue weighted by Crippen LogP contribution is 2.30. The lowest BCUT2D eigenvalue weighted by Crippen LogP contribution is -2.34. The van der Waals surface area contributed by atoms with Crippen LogP contribution in [0, 0.1) is 18.8 Å². The van der Waals surface area contributed by atoms with Crippen molar-refractivity contribution in [2.45, 2.75) is 19.8 Å². The molecule has 0 radical (unpaired) electrons. The molecule has 25 heavy (non-hydrogen) atoms. The van der Waals surface area contributed by atoms with Gasteiger partial charge in [0.25, 0.3) is 0 Å². The fourth-order valence-electron chi connectivity index (χ4n) is 3.58. The lowest BCUT2D eigenvalue weighted by molar-refractivity contribution is 0.146. The van der Waals surface area contributed by atoms with E-state index < -0.39 is 0 Å². The van der Waals surface area contributed by atoms with Gasteiger partial charge in [-0.25, -0.2) is 4.79 Å². The number of benzene rings is 1. The minimum Gasteiger partial charge on any atom is -0.491 e. The van der Waals surface area contributed by atoms with Crippen LogP contribution in [-0.2, 0) is 9.47 Å². The number of carbonyl (C=O) groups excluding carboxylic acids is 1. The van der Waals surface area contributed by atoms with Crippen molar-refractivity contribution in [2.75, 3.05) is 51.9 Å². The largest absolute Gasteiger partial charge is 0.491 e. The van der Waals surface area contributed by atoms with Gasteiger partial charge in [-0.1, -0.05) is 0 Å². The number of methoxy groups -OCH3 is 1. The zero-order valence-corrected chi connectivity index (χ0v) is 15.1. The second-order valence-corrected chi connectivity index (χ2v) is 6.87. The Balaban J connectivity index is 1.52. The molecule has 1 aromatic rings. The summed E-state index contributed by atoms with van der Waals surface area (Å²) in [4.78, 5) is 14.5. The van der Waals surface area contributed by atoms with Crippen molar-refractivity contribution in [3.05, 3.63) is 23.8 Å². The van der Waals surface area contributed by atoms with Crippen LogP contribution in [-0.4, -0.2) is 57.6 Å². The molecule has 0 aromatic heterocycles. The van der Waals surface area contributed by atoms with Crippen LogP contribution in [0.1, 0.15) is 18.4 Å². The lowest BCUT2D eigenvalue weighted by Gasteiger charge is -2.20. The molecule has 2 fully saturated rings. The highest BCUT2D eigenvalue weighted by molar-refractivity contribution is 5.90. The quantitative estimate of drug-likeness (QED) is 0.803. The molecule has 6 heteroatoms. The summed E-state index contributed by atoms with van der Waals surface area (Å²) >= 11 is 0. The topological polar surface area (TPSA) is 60.0 Å². The number of rotatable bonds is 6. The van der Waals surface area contributed by atoms with E-state index in [1.165, 1.54) is 0 Å². The second kappa shape index (κ2) is 8.54. The van der Waals surface area contributed by atoms with Crippen molar-refractivity contribution >= 4 is 11.7 Å². The molecular formula is C19H28N2O4. The zero-order chi connectivity index (χ0) is 17.6. The van der Waals surface area contributed by atoms with E-state index in [0.29, 0.717) is 25.0 Å². The van der Waals surface area contributed by atoms with Crippen LogP contribution in [0.4, 0.5) is 10.5 Å². The molecule has 1 N–H and O–H groups in total. The summed E-state index contributed by atoms with van der Waals surface area (Å²) in [6.07, 6.45) is 2.20. The maximum absolute atomic E-state index is 12.6. The second-order valence-electron chi connectivity index (χ2n) is 6.87. The smallest absolute Gasteiger partial charge is 0.321 e. The molecule has 2 aliphatic rings. The summed E-state index contributed by atoms with van der Waals surface area (Å²) in [5.74, 6) is 1.98. The molecule has 3 rings (SSSR count). The molecule has 0 saturated carbocycles. The average Bonchev–Trinajstić information content (AvgIpc) is 3.28. The molecule has 138 valence electrons. The normalized spacial score (nSPS) is 23.0. The Kier molecular flexibility index (Phi) is 6.15. The van der Waals surface area contributed by atoms with Gasteiger partial charge in [0, 0.05) is 39.1 Å². The van der Waals surface area contributed by atoms with Crippen LogP contribution in [0.15, 0.2) is 18.2 Å². The zero-order valence-electron chi connectivity index (χ0n) is 15.1. The summed E-state index contributed by atoms with van der Waals surface area (Å²) in [5, 5.41) is 3.03. The van der Waals surface area contributed by atoms with Crippen molar-refractivity contribution in [2.24, 2.45) is 11.8 Å². The number of anilines is 1. The van der Waals surface area contributed by atoms with E-state index in [-0.39, 0.29) is 6.03 Å². The highest BCUT2D eigenvalue weighted by atomic mass is 16.5. The number of ether oxygens (including phenoxy) is 3. The summed E-state index contributed by atoms with van der Waals surface area (Å²) in [7, 11) is 1.65. The third-order valence-corrected chi connectivity index (χ3v) is 5.14. The van der Waals surface area contributed by atoms with Gasteiger partial charge >= 0.3 is 6.03 Å². The molecule has 0 spiro atoms. The van der Waals surface area contributed by atoms with Crippen molar-refractivity contribution < 1.29 is 19.0 Å². The molecule has 2 heterocycles. The van der Waals surface area contributed by atoms with Crippen LogP contribution in [0.25, 0.3) is 0 Å². The van der Waals surface area contributed by atoms with E-state index in [1.807, 2.05) is 30.0 Å². The predicted octanol–water partition coefficient (Wildman–Crippen LogP) is 2.91. The Morgan fingerprint density at radius 2 is 2.20 bits per heavy atom. The summed E-state index contributed by atoms with van der Waals surface area (Å²) in [5.41, 5.74) is 1.82. The van der Waals surface area contributed by atoms with Gasteiger partial charge in [-0.2, -0.15) is 0 Å². The van der Waals surface area contributed by atoms with Crippen LogP contribution < -0.4 is 10.1 Å². The van der Waals surface area contributed by atoms with Gasteiger partial charge in [0.1, 0.15) is 12.4 Å². The molecule has 1 aromatic carbocycles. The number of amides is 2. The molecule has 0 aliphatic carbocycles. The van der Waals surface area contributed by atoms with Gasteiger partial charge < -0.3 is 24.4 Å². The van der Waals surface area contributed by atoms with E-state index >= 15 is 0 Å². The van der Waals surface area contributed by atoms with Gasteiger partial charge in [0.15, 0.2) is 0 Å². The molecule has 2 aliphatic heterocycles. The number of aryl methyl sites for hydroxylation is 1. The first-order valence-electron chi connectivity index (χ1n) is 9.03. The first-order chi connectivity index (χ1) is 12.2. The van der Waals surface area contributed by atoms with Crippen molar-refractivity contribution in [3.8, 4) is 5.75 Å². The Morgan fingerprint density at radius 1 is 1.32 bits per heavy atom. The molecule has 2 atom stereocenters. The van der Waals surface area contributed by atoms with Crippen molar-refractivity contribution in [1.82, 2.24) is 4.90 Å². The molecule has 2 saturated heterocycles.